The fraction of sp³-hybridized carbons (Fsp3) is 0.182. The third-order valence-corrected chi connectivity index (χ3v) is 1.99. The van der Waals surface area contributed by atoms with Gasteiger partial charge in [-0.15, -0.1) is 0 Å². The van der Waals surface area contributed by atoms with Gasteiger partial charge in [0, 0.05) is 5.56 Å². The lowest BCUT2D eigenvalue weighted by Gasteiger charge is -2.08. The van der Waals surface area contributed by atoms with E-state index in [1.807, 2.05) is 6.07 Å². The predicted octanol–water partition coefficient (Wildman–Crippen LogP) is 0.761. The summed E-state index contributed by atoms with van der Waals surface area (Å²) in [4.78, 5) is 22.0. The molecule has 16 heavy (non-hydrogen) atoms. The van der Waals surface area contributed by atoms with Gasteiger partial charge in [-0.05, 0) is 31.2 Å². The third kappa shape index (κ3) is 2.82. The van der Waals surface area contributed by atoms with Crippen LogP contribution in [0.2, 0.25) is 0 Å². The van der Waals surface area contributed by atoms with Crippen molar-refractivity contribution in [2.45, 2.75) is 13.0 Å². The minimum atomic E-state index is -1.10. The van der Waals surface area contributed by atoms with Crippen LogP contribution in [0.5, 0.6) is 0 Å². The molecule has 1 aromatic carbocycles. The first kappa shape index (κ1) is 11.7. The second kappa shape index (κ2) is 4.94. The van der Waals surface area contributed by atoms with Crippen molar-refractivity contribution in [3.63, 3.8) is 0 Å². The van der Waals surface area contributed by atoms with Crippen molar-refractivity contribution >= 4 is 11.9 Å². The van der Waals surface area contributed by atoms with E-state index in [1.165, 1.54) is 31.2 Å². The molecule has 2 N–H and O–H groups in total. The Bertz CT molecular complexity index is 445. The number of nitriles is 1. The topological polar surface area (TPSA) is 90.2 Å². The molecule has 1 amide bonds. The minimum absolute atomic E-state index is 0.326. The van der Waals surface area contributed by atoms with Gasteiger partial charge in [0.25, 0.3) is 5.91 Å². The summed E-state index contributed by atoms with van der Waals surface area (Å²) < 4.78 is 0. The Hall–Kier alpha value is -2.35. The number of hydrogen-bond acceptors (Lipinski definition) is 3. The van der Waals surface area contributed by atoms with Crippen LogP contribution in [0.4, 0.5) is 0 Å². The maximum Gasteiger partial charge on any atom is 0.325 e. The van der Waals surface area contributed by atoms with Crippen molar-refractivity contribution in [2.75, 3.05) is 0 Å². The number of amides is 1. The number of carboxylic acid groups (broad SMARTS) is 1. The van der Waals surface area contributed by atoms with E-state index in [9.17, 15) is 9.59 Å². The normalized spacial score (nSPS) is 11.2. The molecule has 0 saturated heterocycles. The van der Waals surface area contributed by atoms with E-state index in [0.717, 1.165) is 0 Å². The Morgan fingerprint density at radius 1 is 1.38 bits per heavy atom. The molecule has 0 bridgehead atoms. The zero-order chi connectivity index (χ0) is 12.1. The quantitative estimate of drug-likeness (QED) is 0.783. The summed E-state index contributed by atoms with van der Waals surface area (Å²) in [5.74, 6) is -1.57. The molecule has 82 valence electrons. The third-order valence-electron chi connectivity index (χ3n) is 1.99. The van der Waals surface area contributed by atoms with E-state index in [-0.39, 0.29) is 0 Å². The Morgan fingerprint density at radius 3 is 2.38 bits per heavy atom. The molecule has 0 unspecified atom stereocenters. The van der Waals surface area contributed by atoms with Crippen LogP contribution < -0.4 is 5.32 Å². The van der Waals surface area contributed by atoms with Crippen LogP contribution in [0.15, 0.2) is 24.3 Å². The van der Waals surface area contributed by atoms with E-state index in [4.69, 9.17) is 10.4 Å². The average molecular weight is 218 g/mol. The molecule has 1 atom stereocenters. The van der Waals surface area contributed by atoms with Crippen molar-refractivity contribution in [3.8, 4) is 6.07 Å². The SMILES string of the molecule is C[C@@H](NC(=O)c1ccc(C#N)cc1)C(=O)O. The molecular formula is C11H10N2O3. The fourth-order valence-electron chi connectivity index (χ4n) is 1.04. The molecule has 0 spiro atoms. The Labute approximate surface area is 92.3 Å². The molecule has 5 heteroatoms. The zero-order valence-corrected chi connectivity index (χ0v) is 8.60. The Kier molecular flexibility index (Phi) is 3.62. The lowest BCUT2D eigenvalue weighted by Crippen LogP contribution is -2.38. The van der Waals surface area contributed by atoms with Gasteiger partial charge in [0.2, 0.25) is 0 Å². The lowest BCUT2D eigenvalue weighted by molar-refractivity contribution is -0.138. The van der Waals surface area contributed by atoms with Gasteiger partial charge < -0.3 is 10.4 Å². The van der Waals surface area contributed by atoms with Gasteiger partial charge in [0.1, 0.15) is 6.04 Å². The van der Waals surface area contributed by atoms with E-state index in [2.05, 4.69) is 5.32 Å². The summed E-state index contributed by atoms with van der Waals surface area (Å²) >= 11 is 0. The molecule has 0 saturated carbocycles. The number of rotatable bonds is 3. The Balaban J connectivity index is 2.74. The lowest BCUT2D eigenvalue weighted by atomic mass is 10.1. The van der Waals surface area contributed by atoms with Crippen molar-refractivity contribution in [1.29, 1.82) is 5.26 Å². The van der Waals surface area contributed by atoms with Crippen LogP contribution in [-0.4, -0.2) is 23.0 Å². The van der Waals surface area contributed by atoms with Crippen LogP contribution in [0, 0.1) is 11.3 Å². The molecule has 0 aliphatic heterocycles. The van der Waals surface area contributed by atoms with E-state index in [1.54, 1.807) is 0 Å². The van der Waals surface area contributed by atoms with E-state index < -0.39 is 17.9 Å². The molecule has 0 fully saturated rings. The van der Waals surface area contributed by atoms with Gasteiger partial charge in [-0.3, -0.25) is 9.59 Å². The van der Waals surface area contributed by atoms with E-state index >= 15 is 0 Å². The smallest absolute Gasteiger partial charge is 0.325 e. The highest BCUT2D eigenvalue weighted by atomic mass is 16.4. The van der Waals surface area contributed by atoms with Crippen molar-refractivity contribution in [1.82, 2.24) is 5.32 Å². The first-order chi connectivity index (χ1) is 7.54. The molecule has 0 heterocycles. The first-order valence-corrected chi connectivity index (χ1v) is 4.58. The number of nitrogens with one attached hydrogen (secondary N) is 1. The maximum atomic E-state index is 11.5. The van der Waals surface area contributed by atoms with Crippen LogP contribution in [0.1, 0.15) is 22.8 Å². The molecular weight excluding hydrogens is 208 g/mol. The number of hydrogen-bond donors (Lipinski definition) is 2. The highest BCUT2D eigenvalue weighted by Gasteiger charge is 2.14. The summed E-state index contributed by atoms with van der Waals surface area (Å²) in [7, 11) is 0. The monoisotopic (exact) mass is 218 g/mol. The van der Waals surface area contributed by atoms with Crippen LogP contribution >= 0.6 is 0 Å². The van der Waals surface area contributed by atoms with Gasteiger partial charge in [0.15, 0.2) is 0 Å². The average Bonchev–Trinajstić information content (AvgIpc) is 2.28. The fourth-order valence-corrected chi connectivity index (χ4v) is 1.04. The van der Waals surface area contributed by atoms with Crippen molar-refractivity contribution in [3.05, 3.63) is 35.4 Å². The zero-order valence-electron chi connectivity index (χ0n) is 8.60. The number of benzene rings is 1. The number of nitrogens with zero attached hydrogens (tertiary/aromatic N) is 1. The van der Waals surface area contributed by atoms with Gasteiger partial charge >= 0.3 is 5.97 Å². The Morgan fingerprint density at radius 2 is 1.94 bits per heavy atom. The molecule has 1 aromatic rings. The van der Waals surface area contributed by atoms with Gasteiger partial charge in [-0.25, -0.2) is 0 Å². The molecule has 5 nitrogen and oxygen atoms in total. The summed E-state index contributed by atoms with van der Waals surface area (Å²) in [6, 6.07) is 6.93. The molecule has 1 rings (SSSR count). The van der Waals surface area contributed by atoms with Gasteiger partial charge in [0.05, 0.1) is 11.6 Å². The molecule has 0 aliphatic rings. The van der Waals surface area contributed by atoms with Crippen molar-refractivity contribution in [2.24, 2.45) is 0 Å². The second-order valence-corrected chi connectivity index (χ2v) is 3.22. The second-order valence-electron chi connectivity index (χ2n) is 3.22. The minimum Gasteiger partial charge on any atom is -0.480 e. The molecule has 0 aliphatic carbocycles. The van der Waals surface area contributed by atoms with Crippen LogP contribution in [0.3, 0.4) is 0 Å². The van der Waals surface area contributed by atoms with Crippen molar-refractivity contribution < 1.29 is 14.7 Å². The van der Waals surface area contributed by atoms with E-state index in [0.29, 0.717) is 11.1 Å². The number of aliphatic carboxylic acids is 1. The summed E-state index contributed by atoms with van der Waals surface area (Å²) in [5, 5.41) is 19.5. The summed E-state index contributed by atoms with van der Waals surface area (Å²) in [6.45, 7) is 1.38. The maximum absolute atomic E-state index is 11.5. The summed E-state index contributed by atoms with van der Waals surface area (Å²) in [5.41, 5.74) is 0.773. The molecule has 0 aromatic heterocycles. The number of carboxylic acids is 1. The number of carbonyl (C=O) groups is 2. The van der Waals surface area contributed by atoms with Crippen LogP contribution in [-0.2, 0) is 4.79 Å². The standard InChI is InChI=1S/C11H10N2O3/c1-7(11(15)16)13-10(14)9-4-2-8(6-12)3-5-9/h2-5,7H,1H3,(H,13,14)(H,15,16)/t7-/m1/s1. The highest BCUT2D eigenvalue weighted by Crippen LogP contribution is 2.03. The largest absolute Gasteiger partial charge is 0.480 e. The van der Waals surface area contributed by atoms with Crippen LogP contribution in [0.25, 0.3) is 0 Å². The molecule has 0 radical (unpaired) electrons. The highest BCUT2D eigenvalue weighted by molar-refractivity contribution is 5.96. The van der Waals surface area contributed by atoms with Gasteiger partial charge in [-0.1, -0.05) is 0 Å². The van der Waals surface area contributed by atoms with Gasteiger partial charge in [-0.2, -0.15) is 5.26 Å². The predicted molar refractivity (Wildman–Crippen MR) is 55.7 cm³/mol. The number of carbonyl (C=O) groups excluding carboxylic acids is 1. The first-order valence-electron chi connectivity index (χ1n) is 4.58. The summed E-state index contributed by atoms with van der Waals surface area (Å²) in [6.07, 6.45) is 0.